The van der Waals surface area contributed by atoms with Crippen molar-refractivity contribution in [2.45, 2.75) is 25.8 Å². The first kappa shape index (κ1) is 15.5. The molecular formula is C13H17N3O4. The SMILES string of the molecule is CC(C)(CC(=O)O)NC(=O)Nc1ccc(C(N)=O)cc1. The van der Waals surface area contributed by atoms with E-state index < -0.39 is 23.4 Å². The van der Waals surface area contributed by atoms with Crippen LogP contribution in [0.1, 0.15) is 30.6 Å². The molecule has 0 bridgehead atoms. The molecule has 0 aliphatic carbocycles. The number of nitrogens with two attached hydrogens (primary N) is 1. The fourth-order valence-corrected chi connectivity index (χ4v) is 1.61. The highest BCUT2D eigenvalue weighted by Crippen LogP contribution is 2.11. The normalized spacial score (nSPS) is 10.7. The van der Waals surface area contributed by atoms with Crippen molar-refractivity contribution in [2.24, 2.45) is 5.73 Å². The lowest BCUT2D eigenvalue weighted by molar-refractivity contribution is -0.138. The summed E-state index contributed by atoms with van der Waals surface area (Å²) in [6.45, 7) is 3.22. The number of nitrogens with one attached hydrogen (secondary N) is 2. The van der Waals surface area contributed by atoms with Crippen LogP contribution in [0.4, 0.5) is 10.5 Å². The number of urea groups is 1. The van der Waals surface area contributed by atoms with Crippen LogP contribution in [0.25, 0.3) is 0 Å². The number of hydrogen-bond donors (Lipinski definition) is 4. The minimum absolute atomic E-state index is 0.193. The van der Waals surface area contributed by atoms with Crippen LogP contribution in [0.5, 0.6) is 0 Å². The number of benzene rings is 1. The molecule has 20 heavy (non-hydrogen) atoms. The first-order valence-electron chi connectivity index (χ1n) is 5.90. The summed E-state index contributed by atoms with van der Waals surface area (Å²) in [4.78, 5) is 33.3. The van der Waals surface area contributed by atoms with Crippen LogP contribution in [0.3, 0.4) is 0 Å². The van der Waals surface area contributed by atoms with E-state index in [9.17, 15) is 14.4 Å². The predicted molar refractivity (Wildman–Crippen MR) is 73.4 cm³/mol. The van der Waals surface area contributed by atoms with Crippen LogP contribution >= 0.6 is 0 Å². The van der Waals surface area contributed by atoms with Gasteiger partial charge < -0.3 is 21.5 Å². The van der Waals surface area contributed by atoms with Gasteiger partial charge in [-0.1, -0.05) is 0 Å². The number of aliphatic carboxylic acids is 1. The number of carboxylic acids is 1. The number of amides is 3. The number of anilines is 1. The molecule has 108 valence electrons. The second kappa shape index (κ2) is 6.05. The van der Waals surface area contributed by atoms with Crippen molar-refractivity contribution < 1.29 is 19.5 Å². The van der Waals surface area contributed by atoms with Crippen LogP contribution < -0.4 is 16.4 Å². The van der Waals surface area contributed by atoms with Crippen molar-refractivity contribution in [1.82, 2.24) is 5.32 Å². The van der Waals surface area contributed by atoms with E-state index in [4.69, 9.17) is 10.8 Å². The smallest absolute Gasteiger partial charge is 0.319 e. The van der Waals surface area contributed by atoms with Crippen LogP contribution in [0.15, 0.2) is 24.3 Å². The van der Waals surface area contributed by atoms with Crippen molar-refractivity contribution in [3.63, 3.8) is 0 Å². The summed E-state index contributed by atoms with van der Waals surface area (Å²) in [6.07, 6.45) is -0.193. The van der Waals surface area contributed by atoms with Gasteiger partial charge >= 0.3 is 12.0 Å². The second-order valence-electron chi connectivity index (χ2n) is 4.98. The maximum atomic E-state index is 11.7. The Kier molecular flexibility index (Phi) is 4.68. The van der Waals surface area contributed by atoms with E-state index in [2.05, 4.69) is 10.6 Å². The highest BCUT2D eigenvalue weighted by Gasteiger charge is 2.23. The van der Waals surface area contributed by atoms with Crippen molar-refractivity contribution >= 4 is 23.6 Å². The number of carbonyl (C=O) groups is 3. The molecule has 0 radical (unpaired) electrons. The molecule has 0 aromatic heterocycles. The van der Waals surface area contributed by atoms with Gasteiger partial charge in [0.05, 0.1) is 6.42 Å². The van der Waals surface area contributed by atoms with E-state index in [-0.39, 0.29) is 6.42 Å². The molecule has 1 aromatic carbocycles. The van der Waals surface area contributed by atoms with Gasteiger partial charge in [0.15, 0.2) is 0 Å². The molecule has 0 aliphatic heterocycles. The Hall–Kier alpha value is -2.57. The van der Waals surface area contributed by atoms with Gasteiger partial charge in [0.1, 0.15) is 0 Å². The lowest BCUT2D eigenvalue weighted by atomic mass is 10.0. The molecule has 1 aromatic rings. The monoisotopic (exact) mass is 279 g/mol. The molecule has 1 rings (SSSR count). The Morgan fingerprint density at radius 1 is 1.20 bits per heavy atom. The van der Waals surface area contributed by atoms with E-state index in [1.54, 1.807) is 13.8 Å². The van der Waals surface area contributed by atoms with Crippen molar-refractivity contribution in [2.75, 3.05) is 5.32 Å². The summed E-state index contributed by atoms with van der Waals surface area (Å²) < 4.78 is 0. The van der Waals surface area contributed by atoms with Gasteiger partial charge in [-0.15, -0.1) is 0 Å². The summed E-state index contributed by atoms with van der Waals surface area (Å²) in [5.41, 5.74) is 5.03. The molecule has 0 aliphatic rings. The largest absolute Gasteiger partial charge is 0.481 e. The van der Waals surface area contributed by atoms with Crippen LogP contribution in [-0.2, 0) is 4.79 Å². The fourth-order valence-electron chi connectivity index (χ4n) is 1.61. The minimum atomic E-state index is -0.999. The third kappa shape index (κ3) is 4.97. The lowest BCUT2D eigenvalue weighted by Gasteiger charge is -2.24. The molecule has 3 amide bonds. The standard InChI is InChI=1S/C13H17N3O4/c1-13(2,7-10(17)18)16-12(20)15-9-5-3-8(4-6-9)11(14)19/h3-6H,7H2,1-2H3,(H2,14,19)(H,17,18)(H2,15,16,20). The Balaban J connectivity index is 2.62. The lowest BCUT2D eigenvalue weighted by Crippen LogP contribution is -2.46. The maximum absolute atomic E-state index is 11.7. The molecule has 0 unspecified atom stereocenters. The highest BCUT2D eigenvalue weighted by molar-refractivity contribution is 5.94. The second-order valence-corrected chi connectivity index (χ2v) is 4.98. The summed E-state index contributed by atoms with van der Waals surface area (Å²) >= 11 is 0. The molecule has 7 nitrogen and oxygen atoms in total. The molecule has 0 atom stereocenters. The quantitative estimate of drug-likeness (QED) is 0.646. The van der Waals surface area contributed by atoms with Gasteiger partial charge in [0.2, 0.25) is 5.91 Å². The van der Waals surface area contributed by atoms with Crippen molar-refractivity contribution in [3.8, 4) is 0 Å². The molecule has 0 heterocycles. The number of primary amides is 1. The third-order valence-corrected chi connectivity index (χ3v) is 2.47. The molecular weight excluding hydrogens is 262 g/mol. The van der Waals surface area contributed by atoms with E-state index >= 15 is 0 Å². The van der Waals surface area contributed by atoms with Crippen LogP contribution in [0, 0.1) is 0 Å². The van der Waals surface area contributed by atoms with Crippen molar-refractivity contribution in [1.29, 1.82) is 0 Å². The number of rotatable bonds is 5. The average molecular weight is 279 g/mol. The van der Waals surface area contributed by atoms with E-state index in [0.717, 1.165) is 0 Å². The Labute approximate surface area is 116 Å². The van der Waals surface area contributed by atoms with E-state index in [1.807, 2.05) is 0 Å². The minimum Gasteiger partial charge on any atom is -0.481 e. The molecule has 0 spiro atoms. The van der Waals surface area contributed by atoms with Gasteiger partial charge in [0.25, 0.3) is 0 Å². The zero-order valence-electron chi connectivity index (χ0n) is 11.3. The number of carboxylic acid groups (broad SMARTS) is 1. The molecule has 5 N–H and O–H groups in total. The Bertz CT molecular complexity index is 523. The van der Waals surface area contributed by atoms with Gasteiger partial charge in [-0.3, -0.25) is 9.59 Å². The van der Waals surface area contributed by atoms with Gasteiger partial charge in [-0.2, -0.15) is 0 Å². The van der Waals surface area contributed by atoms with Gasteiger partial charge in [-0.25, -0.2) is 4.79 Å². The summed E-state index contributed by atoms with van der Waals surface area (Å²) in [5, 5.41) is 13.8. The molecule has 0 saturated heterocycles. The van der Waals surface area contributed by atoms with E-state index in [1.165, 1.54) is 24.3 Å². The number of carbonyl (C=O) groups excluding carboxylic acids is 2. The first-order valence-corrected chi connectivity index (χ1v) is 5.90. The van der Waals surface area contributed by atoms with Gasteiger partial charge in [-0.05, 0) is 38.1 Å². The first-order chi connectivity index (χ1) is 9.19. The topological polar surface area (TPSA) is 122 Å². The summed E-state index contributed by atoms with van der Waals surface area (Å²) in [5.74, 6) is -1.55. The molecule has 0 fully saturated rings. The van der Waals surface area contributed by atoms with Gasteiger partial charge in [0, 0.05) is 16.8 Å². The van der Waals surface area contributed by atoms with Crippen LogP contribution in [0.2, 0.25) is 0 Å². The fraction of sp³-hybridized carbons (Fsp3) is 0.308. The Morgan fingerprint density at radius 3 is 2.20 bits per heavy atom. The third-order valence-electron chi connectivity index (χ3n) is 2.47. The zero-order valence-corrected chi connectivity index (χ0v) is 11.3. The maximum Gasteiger partial charge on any atom is 0.319 e. The average Bonchev–Trinajstić information content (AvgIpc) is 2.26. The van der Waals surface area contributed by atoms with Crippen molar-refractivity contribution in [3.05, 3.63) is 29.8 Å². The molecule has 0 saturated carbocycles. The summed E-state index contributed by atoms with van der Waals surface area (Å²) in [6, 6.07) is 5.51. The predicted octanol–water partition coefficient (Wildman–Crippen LogP) is 1.16. The summed E-state index contributed by atoms with van der Waals surface area (Å²) in [7, 11) is 0. The zero-order chi connectivity index (χ0) is 15.3. The van der Waals surface area contributed by atoms with E-state index in [0.29, 0.717) is 11.3 Å². The molecule has 7 heteroatoms. The number of hydrogen-bond acceptors (Lipinski definition) is 3. The highest BCUT2D eigenvalue weighted by atomic mass is 16.4. The Morgan fingerprint density at radius 2 is 1.75 bits per heavy atom. The van der Waals surface area contributed by atoms with Crippen LogP contribution in [-0.4, -0.2) is 28.6 Å².